The SMILES string of the molecule is O=C(O)C1CC1(CCOc1ccccc1)CCOc1ccccc1. The van der Waals surface area contributed by atoms with Crippen molar-refractivity contribution in [3.8, 4) is 11.5 Å². The topological polar surface area (TPSA) is 55.8 Å². The second-order valence-electron chi connectivity index (χ2n) is 6.28. The molecule has 0 saturated heterocycles. The molecule has 0 aliphatic heterocycles. The quantitative estimate of drug-likeness (QED) is 0.756. The highest BCUT2D eigenvalue weighted by molar-refractivity contribution is 5.74. The Balaban J connectivity index is 1.50. The number of carboxylic acids is 1. The van der Waals surface area contributed by atoms with Crippen LogP contribution in [-0.4, -0.2) is 24.3 Å². The van der Waals surface area contributed by atoms with Crippen molar-refractivity contribution in [2.75, 3.05) is 13.2 Å². The summed E-state index contributed by atoms with van der Waals surface area (Å²) < 4.78 is 11.5. The molecule has 0 aromatic heterocycles. The van der Waals surface area contributed by atoms with E-state index in [1.165, 1.54) is 0 Å². The summed E-state index contributed by atoms with van der Waals surface area (Å²) in [5.41, 5.74) is -0.199. The Bertz CT molecular complexity index is 608. The van der Waals surface area contributed by atoms with Gasteiger partial charge in [-0.05, 0) is 48.9 Å². The van der Waals surface area contributed by atoms with E-state index in [1.807, 2.05) is 60.7 Å². The Morgan fingerprint density at radius 1 is 0.917 bits per heavy atom. The highest BCUT2D eigenvalue weighted by Gasteiger charge is 2.57. The monoisotopic (exact) mass is 326 g/mol. The highest BCUT2D eigenvalue weighted by atomic mass is 16.5. The molecule has 1 aliphatic carbocycles. The van der Waals surface area contributed by atoms with Gasteiger partial charge in [0, 0.05) is 0 Å². The second kappa shape index (κ2) is 7.39. The summed E-state index contributed by atoms with van der Waals surface area (Å²) in [4.78, 5) is 11.4. The summed E-state index contributed by atoms with van der Waals surface area (Å²) in [6, 6.07) is 19.2. The van der Waals surface area contributed by atoms with E-state index in [1.54, 1.807) is 0 Å². The molecule has 2 aromatic rings. The Labute approximate surface area is 142 Å². The van der Waals surface area contributed by atoms with Gasteiger partial charge in [-0.15, -0.1) is 0 Å². The van der Waals surface area contributed by atoms with Crippen LogP contribution in [0.15, 0.2) is 60.7 Å². The van der Waals surface area contributed by atoms with Gasteiger partial charge in [0.2, 0.25) is 0 Å². The maximum Gasteiger partial charge on any atom is 0.307 e. The van der Waals surface area contributed by atoms with Gasteiger partial charge in [-0.3, -0.25) is 4.79 Å². The van der Waals surface area contributed by atoms with Crippen LogP contribution in [0.25, 0.3) is 0 Å². The summed E-state index contributed by atoms with van der Waals surface area (Å²) >= 11 is 0. The summed E-state index contributed by atoms with van der Waals surface area (Å²) in [6.45, 7) is 1.05. The molecule has 1 N–H and O–H groups in total. The third-order valence-electron chi connectivity index (χ3n) is 4.71. The van der Waals surface area contributed by atoms with Gasteiger partial charge in [-0.2, -0.15) is 0 Å². The van der Waals surface area contributed by atoms with Crippen LogP contribution in [0.1, 0.15) is 19.3 Å². The molecule has 1 fully saturated rings. The third-order valence-corrected chi connectivity index (χ3v) is 4.71. The molecule has 24 heavy (non-hydrogen) atoms. The molecule has 4 heteroatoms. The van der Waals surface area contributed by atoms with Crippen LogP contribution < -0.4 is 9.47 Å². The second-order valence-corrected chi connectivity index (χ2v) is 6.28. The number of ether oxygens (including phenoxy) is 2. The molecule has 0 heterocycles. The fraction of sp³-hybridized carbons (Fsp3) is 0.350. The minimum absolute atomic E-state index is 0.199. The number of carboxylic acid groups (broad SMARTS) is 1. The van der Waals surface area contributed by atoms with Crippen LogP contribution in [0.3, 0.4) is 0 Å². The van der Waals surface area contributed by atoms with Gasteiger partial charge in [0.1, 0.15) is 11.5 Å². The molecule has 126 valence electrons. The maximum absolute atomic E-state index is 11.4. The number of aliphatic carboxylic acids is 1. The van der Waals surface area contributed by atoms with E-state index in [0.717, 1.165) is 24.3 Å². The van der Waals surface area contributed by atoms with Crippen molar-refractivity contribution in [3.63, 3.8) is 0 Å². The van der Waals surface area contributed by atoms with E-state index in [-0.39, 0.29) is 11.3 Å². The first-order chi connectivity index (χ1) is 11.7. The lowest BCUT2D eigenvalue weighted by Gasteiger charge is -2.17. The van der Waals surface area contributed by atoms with Crippen LogP contribution in [0.5, 0.6) is 11.5 Å². The molecule has 1 unspecified atom stereocenters. The lowest BCUT2D eigenvalue weighted by Crippen LogP contribution is -2.17. The first-order valence-electron chi connectivity index (χ1n) is 8.28. The van der Waals surface area contributed by atoms with E-state index in [2.05, 4.69) is 0 Å². The number of para-hydroxylation sites is 2. The predicted octanol–water partition coefficient (Wildman–Crippen LogP) is 4.02. The van der Waals surface area contributed by atoms with Crippen LogP contribution in [-0.2, 0) is 4.79 Å². The van der Waals surface area contributed by atoms with Crippen LogP contribution >= 0.6 is 0 Å². The highest BCUT2D eigenvalue weighted by Crippen LogP contribution is 2.57. The molecular formula is C20H22O4. The van der Waals surface area contributed by atoms with Crippen molar-refractivity contribution < 1.29 is 19.4 Å². The van der Waals surface area contributed by atoms with Crippen molar-refractivity contribution in [2.24, 2.45) is 11.3 Å². The zero-order valence-corrected chi connectivity index (χ0v) is 13.6. The number of rotatable bonds is 9. The van der Waals surface area contributed by atoms with E-state index < -0.39 is 5.97 Å². The van der Waals surface area contributed by atoms with E-state index in [0.29, 0.717) is 19.6 Å². The van der Waals surface area contributed by atoms with Crippen molar-refractivity contribution in [3.05, 3.63) is 60.7 Å². The van der Waals surface area contributed by atoms with Gasteiger partial charge in [-0.1, -0.05) is 36.4 Å². The normalized spacial score (nSPS) is 17.9. The Kier molecular flexibility index (Phi) is 5.04. The molecule has 0 bridgehead atoms. The molecule has 3 rings (SSSR count). The molecule has 0 amide bonds. The van der Waals surface area contributed by atoms with E-state index in [9.17, 15) is 9.90 Å². The Hall–Kier alpha value is -2.49. The first kappa shape index (κ1) is 16.4. The number of carbonyl (C=O) groups is 1. The zero-order chi connectivity index (χ0) is 16.8. The van der Waals surface area contributed by atoms with Crippen molar-refractivity contribution in [1.82, 2.24) is 0 Å². The van der Waals surface area contributed by atoms with Gasteiger partial charge in [0.05, 0.1) is 19.1 Å². The van der Waals surface area contributed by atoms with Crippen LogP contribution in [0, 0.1) is 11.3 Å². The standard InChI is InChI=1S/C20H22O4/c21-19(22)18-15-20(18,11-13-23-16-7-3-1-4-8-16)12-14-24-17-9-5-2-6-10-17/h1-10,18H,11-15H2,(H,21,22). The van der Waals surface area contributed by atoms with Crippen molar-refractivity contribution in [1.29, 1.82) is 0 Å². The predicted molar refractivity (Wildman–Crippen MR) is 91.3 cm³/mol. The lowest BCUT2D eigenvalue weighted by molar-refractivity contribution is -0.139. The van der Waals surface area contributed by atoms with E-state index in [4.69, 9.17) is 9.47 Å². The van der Waals surface area contributed by atoms with Gasteiger partial charge >= 0.3 is 5.97 Å². The summed E-state index contributed by atoms with van der Waals surface area (Å²) in [5, 5.41) is 9.34. The van der Waals surface area contributed by atoms with Gasteiger partial charge < -0.3 is 14.6 Å². The zero-order valence-electron chi connectivity index (χ0n) is 13.6. The van der Waals surface area contributed by atoms with E-state index >= 15 is 0 Å². The molecule has 1 aliphatic rings. The number of hydrogen-bond acceptors (Lipinski definition) is 3. The fourth-order valence-electron chi connectivity index (χ4n) is 3.15. The molecule has 0 spiro atoms. The number of benzene rings is 2. The fourth-order valence-corrected chi connectivity index (χ4v) is 3.15. The Morgan fingerprint density at radius 2 is 1.38 bits per heavy atom. The summed E-state index contributed by atoms with van der Waals surface area (Å²) in [7, 11) is 0. The Morgan fingerprint density at radius 3 is 1.75 bits per heavy atom. The summed E-state index contributed by atoms with van der Waals surface area (Å²) in [6.07, 6.45) is 2.17. The average Bonchev–Trinajstić information content (AvgIpc) is 3.32. The van der Waals surface area contributed by atoms with Gasteiger partial charge in [0.25, 0.3) is 0 Å². The van der Waals surface area contributed by atoms with Crippen molar-refractivity contribution >= 4 is 5.97 Å². The van der Waals surface area contributed by atoms with Gasteiger partial charge in [0.15, 0.2) is 0 Å². The number of hydrogen-bond donors (Lipinski definition) is 1. The molecule has 1 saturated carbocycles. The molecule has 0 radical (unpaired) electrons. The smallest absolute Gasteiger partial charge is 0.307 e. The maximum atomic E-state index is 11.4. The summed E-state index contributed by atoms with van der Waals surface area (Å²) in [5.74, 6) is 0.645. The first-order valence-corrected chi connectivity index (χ1v) is 8.28. The third kappa shape index (κ3) is 4.07. The van der Waals surface area contributed by atoms with Crippen LogP contribution in [0.2, 0.25) is 0 Å². The molecular weight excluding hydrogens is 304 g/mol. The molecule has 4 nitrogen and oxygen atoms in total. The minimum Gasteiger partial charge on any atom is -0.494 e. The lowest BCUT2D eigenvalue weighted by atomic mass is 9.95. The largest absolute Gasteiger partial charge is 0.494 e. The molecule has 2 aromatic carbocycles. The average molecular weight is 326 g/mol. The van der Waals surface area contributed by atoms with Crippen molar-refractivity contribution in [2.45, 2.75) is 19.3 Å². The minimum atomic E-state index is -0.713. The van der Waals surface area contributed by atoms with Crippen LogP contribution in [0.4, 0.5) is 0 Å². The van der Waals surface area contributed by atoms with Gasteiger partial charge in [-0.25, -0.2) is 0 Å². The molecule has 1 atom stereocenters.